The van der Waals surface area contributed by atoms with Crippen molar-refractivity contribution >= 4 is 34.8 Å². The zero-order valence-corrected chi connectivity index (χ0v) is 15.2. The fourth-order valence-corrected chi connectivity index (χ4v) is 3.19. The number of primary amides is 1. The van der Waals surface area contributed by atoms with Crippen LogP contribution in [0.1, 0.15) is 23.2 Å². The lowest BCUT2D eigenvalue weighted by molar-refractivity contribution is 0.0995. The van der Waals surface area contributed by atoms with Crippen molar-refractivity contribution in [3.63, 3.8) is 0 Å². The van der Waals surface area contributed by atoms with Gasteiger partial charge >= 0.3 is 0 Å². The van der Waals surface area contributed by atoms with Crippen LogP contribution >= 0.6 is 23.2 Å². The highest BCUT2D eigenvalue weighted by atomic mass is 35.5. The highest BCUT2D eigenvalue weighted by Crippen LogP contribution is 2.30. The molecule has 138 valence electrons. The smallest absolute Gasteiger partial charge is 0.251 e. The van der Waals surface area contributed by atoms with Crippen LogP contribution in [-0.2, 0) is 0 Å². The Bertz CT molecular complexity index is 840. The minimum atomic E-state index is -1.03. The van der Waals surface area contributed by atoms with Crippen molar-refractivity contribution in [2.45, 2.75) is 18.9 Å². The lowest BCUT2D eigenvalue weighted by Crippen LogP contribution is -2.38. The topological polar surface area (TPSA) is 55.6 Å². The first-order valence-electron chi connectivity index (χ1n) is 8.00. The van der Waals surface area contributed by atoms with Crippen LogP contribution in [0.3, 0.4) is 0 Å². The van der Waals surface area contributed by atoms with Gasteiger partial charge in [0.25, 0.3) is 5.91 Å². The molecule has 1 aliphatic heterocycles. The summed E-state index contributed by atoms with van der Waals surface area (Å²) in [5.74, 6) is -2.96. The number of rotatable bonds is 4. The molecule has 1 fully saturated rings. The van der Waals surface area contributed by atoms with E-state index in [0.717, 1.165) is 17.8 Å². The van der Waals surface area contributed by atoms with Crippen molar-refractivity contribution < 1.29 is 18.3 Å². The number of piperidine rings is 1. The van der Waals surface area contributed by atoms with Crippen LogP contribution in [0.25, 0.3) is 0 Å². The van der Waals surface area contributed by atoms with Gasteiger partial charge in [0.1, 0.15) is 11.9 Å². The van der Waals surface area contributed by atoms with Gasteiger partial charge < -0.3 is 15.4 Å². The molecule has 26 heavy (non-hydrogen) atoms. The third kappa shape index (κ3) is 4.02. The monoisotopic (exact) mass is 400 g/mol. The van der Waals surface area contributed by atoms with Gasteiger partial charge in [-0.1, -0.05) is 23.2 Å². The summed E-state index contributed by atoms with van der Waals surface area (Å²) in [6, 6.07) is 7.04. The molecule has 1 heterocycles. The molecule has 0 unspecified atom stereocenters. The molecule has 0 saturated carbocycles. The molecule has 2 aromatic carbocycles. The van der Waals surface area contributed by atoms with Crippen LogP contribution in [0.2, 0.25) is 10.0 Å². The Balaban J connectivity index is 1.65. The fraction of sp³-hybridized carbons (Fsp3) is 0.278. The van der Waals surface area contributed by atoms with Crippen LogP contribution in [0.4, 0.5) is 14.5 Å². The molecule has 0 spiro atoms. The molecule has 0 aromatic heterocycles. The number of benzene rings is 2. The predicted molar refractivity (Wildman–Crippen MR) is 97.2 cm³/mol. The third-order valence-corrected chi connectivity index (χ3v) is 5.03. The van der Waals surface area contributed by atoms with Crippen molar-refractivity contribution in [2.75, 3.05) is 18.0 Å². The number of carbonyl (C=O) groups is 1. The predicted octanol–water partition coefficient (Wildman–Crippen LogP) is 4.42. The molecule has 4 nitrogen and oxygen atoms in total. The number of hydrogen-bond acceptors (Lipinski definition) is 3. The Morgan fingerprint density at radius 1 is 1.08 bits per heavy atom. The van der Waals surface area contributed by atoms with Crippen LogP contribution in [0.5, 0.6) is 5.75 Å². The molecule has 1 saturated heterocycles. The molecule has 2 N–H and O–H groups in total. The minimum Gasteiger partial charge on any atom is -0.487 e. The van der Waals surface area contributed by atoms with Gasteiger partial charge in [-0.15, -0.1) is 0 Å². The highest BCUT2D eigenvalue weighted by Gasteiger charge is 2.23. The molecule has 0 aliphatic carbocycles. The molecule has 0 radical (unpaired) electrons. The third-order valence-electron chi connectivity index (χ3n) is 4.29. The molecular formula is C18H16Cl2F2N2O2. The van der Waals surface area contributed by atoms with Crippen LogP contribution in [0, 0.1) is 11.6 Å². The van der Waals surface area contributed by atoms with Crippen LogP contribution in [-0.4, -0.2) is 25.1 Å². The number of ether oxygens (including phenoxy) is 1. The quantitative estimate of drug-likeness (QED) is 0.826. The van der Waals surface area contributed by atoms with E-state index >= 15 is 0 Å². The number of carbonyl (C=O) groups excluding carboxylic acids is 1. The normalized spacial score (nSPS) is 15.2. The van der Waals surface area contributed by atoms with Crippen LogP contribution < -0.4 is 15.4 Å². The van der Waals surface area contributed by atoms with E-state index in [4.69, 9.17) is 33.7 Å². The van der Waals surface area contributed by atoms with Gasteiger partial charge in [0.05, 0.1) is 15.6 Å². The summed E-state index contributed by atoms with van der Waals surface area (Å²) >= 11 is 12.0. The Morgan fingerprint density at radius 3 is 2.38 bits per heavy atom. The number of nitrogens with two attached hydrogens (primary N) is 1. The van der Waals surface area contributed by atoms with E-state index in [1.54, 1.807) is 12.1 Å². The number of nitrogens with zero attached hydrogens (tertiary/aromatic N) is 1. The summed E-state index contributed by atoms with van der Waals surface area (Å²) in [6.07, 6.45) is 0.986. The summed E-state index contributed by atoms with van der Waals surface area (Å²) < 4.78 is 33.4. The Kier molecular flexibility index (Phi) is 5.53. The first-order valence-corrected chi connectivity index (χ1v) is 8.76. The molecule has 1 aliphatic rings. The average molecular weight is 401 g/mol. The van der Waals surface area contributed by atoms with Gasteiger partial charge in [-0.05, 0) is 24.3 Å². The summed E-state index contributed by atoms with van der Waals surface area (Å²) in [4.78, 5) is 13.2. The maximum absolute atomic E-state index is 14.0. The molecule has 0 atom stereocenters. The standard InChI is InChI=1S/C18H16Cl2F2N2O2/c19-13-2-1-10(7-14(13)20)24-5-3-11(4-6-24)26-17-9-15(21)12(18(23)25)8-16(17)22/h1-2,7-9,11H,3-6H2,(H2,23,25). The average Bonchev–Trinajstić information content (AvgIpc) is 2.60. The Morgan fingerprint density at radius 2 is 1.77 bits per heavy atom. The van der Waals surface area contributed by atoms with Gasteiger partial charge in [-0.3, -0.25) is 4.79 Å². The van der Waals surface area contributed by atoms with Crippen molar-refractivity contribution in [3.8, 4) is 5.75 Å². The van der Waals surface area contributed by atoms with E-state index in [1.165, 1.54) is 0 Å². The van der Waals surface area contributed by atoms with E-state index in [-0.39, 0.29) is 11.9 Å². The number of hydrogen-bond donors (Lipinski definition) is 1. The van der Waals surface area contributed by atoms with Gasteiger partial charge in [-0.25, -0.2) is 8.78 Å². The molecular weight excluding hydrogens is 385 g/mol. The number of halogens is 4. The second kappa shape index (κ2) is 7.68. The van der Waals surface area contributed by atoms with E-state index in [1.807, 2.05) is 6.07 Å². The molecule has 2 aromatic rings. The zero-order chi connectivity index (χ0) is 18.8. The van der Waals surface area contributed by atoms with E-state index < -0.39 is 23.1 Å². The van der Waals surface area contributed by atoms with E-state index in [2.05, 4.69) is 4.90 Å². The van der Waals surface area contributed by atoms with Crippen molar-refractivity contribution in [3.05, 3.63) is 57.6 Å². The summed E-state index contributed by atoms with van der Waals surface area (Å²) in [7, 11) is 0. The van der Waals surface area contributed by atoms with Gasteiger partial charge in [0, 0.05) is 37.7 Å². The second-order valence-electron chi connectivity index (χ2n) is 6.03. The van der Waals surface area contributed by atoms with Crippen molar-refractivity contribution in [1.29, 1.82) is 0 Å². The summed E-state index contributed by atoms with van der Waals surface area (Å²) in [6.45, 7) is 1.35. The van der Waals surface area contributed by atoms with E-state index in [0.29, 0.717) is 36.0 Å². The molecule has 1 amide bonds. The number of amides is 1. The molecule has 0 bridgehead atoms. The Labute approximate surface area is 159 Å². The Hall–Kier alpha value is -2.05. The fourth-order valence-electron chi connectivity index (χ4n) is 2.90. The summed E-state index contributed by atoms with van der Waals surface area (Å²) in [5, 5.41) is 0.972. The summed E-state index contributed by atoms with van der Waals surface area (Å²) in [5.41, 5.74) is 5.45. The first-order chi connectivity index (χ1) is 12.3. The molecule has 3 rings (SSSR count). The lowest BCUT2D eigenvalue weighted by atomic mass is 10.1. The maximum Gasteiger partial charge on any atom is 0.251 e. The van der Waals surface area contributed by atoms with Gasteiger partial charge in [0.2, 0.25) is 0 Å². The largest absolute Gasteiger partial charge is 0.487 e. The van der Waals surface area contributed by atoms with Crippen LogP contribution in [0.15, 0.2) is 30.3 Å². The SMILES string of the molecule is NC(=O)c1cc(F)c(OC2CCN(c3ccc(Cl)c(Cl)c3)CC2)cc1F. The zero-order valence-electron chi connectivity index (χ0n) is 13.6. The second-order valence-corrected chi connectivity index (χ2v) is 6.84. The lowest BCUT2D eigenvalue weighted by Gasteiger charge is -2.34. The van der Waals surface area contributed by atoms with E-state index in [9.17, 15) is 13.6 Å². The minimum absolute atomic E-state index is 0.222. The van der Waals surface area contributed by atoms with Gasteiger partial charge in [-0.2, -0.15) is 0 Å². The maximum atomic E-state index is 14.0. The first kappa shape index (κ1) is 18.7. The van der Waals surface area contributed by atoms with Crippen molar-refractivity contribution in [1.82, 2.24) is 0 Å². The van der Waals surface area contributed by atoms with Crippen molar-refractivity contribution in [2.24, 2.45) is 5.73 Å². The number of anilines is 1. The molecule has 8 heteroatoms. The highest BCUT2D eigenvalue weighted by molar-refractivity contribution is 6.42. The van der Waals surface area contributed by atoms with Gasteiger partial charge in [0.15, 0.2) is 11.6 Å².